The van der Waals surface area contributed by atoms with Crippen molar-refractivity contribution in [1.29, 1.82) is 0 Å². The molecule has 0 radical (unpaired) electrons. The minimum Gasteiger partial charge on any atom is -0.298 e. The lowest BCUT2D eigenvalue weighted by atomic mass is 10.0. The highest BCUT2D eigenvalue weighted by Gasteiger charge is 2.19. The maximum Gasteiger partial charge on any atom is 0.266 e. The molecule has 5 rings (SSSR count). The fourth-order valence-electron chi connectivity index (χ4n) is 4.18. The van der Waals surface area contributed by atoms with Crippen LogP contribution in [0.25, 0.3) is 28.0 Å². The molecule has 0 aliphatic heterocycles. The first-order valence-electron chi connectivity index (χ1n) is 11.5. The number of hydrogen-bond donors (Lipinski definition) is 0. The fourth-order valence-corrected chi connectivity index (χ4v) is 4.18. The van der Waals surface area contributed by atoms with Gasteiger partial charge in [-0.2, -0.15) is 10.2 Å². The predicted molar refractivity (Wildman–Crippen MR) is 135 cm³/mol. The number of nitrogens with zero attached hydrogens (tertiary/aromatic N) is 5. The molecule has 0 amide bonds. The van der Waals surface area contributed by atoms with Gasteiger partial charge in [0.1, 0.15) is 5.69 Å². The van der Waals surface area contributed by atoms with E-state index in [4.69, 9.17) is 10.2 Å². The lowest BCUT2D eigenvalue weighted by Gasteiger charge is -2.25. The average molecular weight is 450 g/mol. The molecule has 1 unspecified atom stereocenters. The Morgan fingerprint density at radius 2 is 1.56 bits per heavy atom. The Kier molecular flexibility index (Phi) is 6.06. The summed E-state index contributed by atoms with van der Waals surface area (Å²) in [4.78, 5) is 15.0. The van der Waals surface area contributed by atoms with Gasteiger partial charge >= 0.3 is 0 Å². The van der Waals surface area contributed by atoms with Gasteiger partial charge in [-0.1, -0.05) is 66.7 Å². The van der Waals surface area contributed by atoms with E-state index in [2.05, 4.69) is 31.0 Å². The summed E-state index contributed by atoms with van der Waals surface area (Å²) in [5.41, 5.74) is 5.60. The van der Waals surface area contributed by atoms with E-state index in [9.17, 15) is 4.79 Å². The molecule has 1 atom stereocenters. The fraction of sp³-hybridized carbons (Fsp3) is 0.179. The van der Waals surface area contributed by atoms with Gasteiger partial charge in [0.2, 0.25) is 0 Å². The van der Waals surface area contributed by atoms with Crippen molar-refractivity contribution in [2.75, 3.05) is 7.05 Å². The normalized spacial score (nSPS) is 12.3. The van der Waals surface area contributed by atoms with Gasteiger partial charge in [-0.05, 0) is 37.7 Å². The molecule has 3 heterocycles. The number of likely N-dealkylation sites (N-methyl/N-ethyl adjacent to an activating group) is 1. The van der Waals surface area contributed by atoms with E-state index in [0.29, 0.717) is 6.54 Å². The molecule has 0 saturated carbocycles. The Morgan fingerprint density at radius 1 is 0.853 bits per heavy atom. The molecule has 6 heteroatoms. The lowest BCUT2D eigenvalue weighted by molar-refractivity contribution is 0.219. The molecule has 0 saturated heterocycles. The molecule has 5 aromatic rings. The second-order valence-corrected chi connectivity index (χ2v) is 8.61. The quantitative estimate of drug-likeness (QED) is 0.360. The SMILES string of the molecule is CC(Cn1nc(-c2c(-c3ccccc3)nn3ccccc23)ccc1=O)N(C)Cc1ccccc1. The van der Waals surface area contributed by atoms with Crippen LogP contribution in [0.4, 0.5) is 0 Å². The Hall–Kier alpha value is -4.03. The van der Waals surface area contributed by atoms with Crippen LogP contribution < -0.4 is 5.56 Å². The molecule has 3 aromatic heterocycles. The van der Waals surface area contributed by atoms with Gasteiger partial charge in [-0.25, -0.2) is 9.20 Å². The van der Waals surface area contributed by atoms with Crippen LogP contribution in [0.15, 0.2) is 102 Å². The van der Waals surface area contributed by atoms with Crippen molar-refractivity contribution in [2.45, 2.75) is 26.1 Å². The topological polar surface area (TPSA) is 55.4 Å². The van der Waals surface area contributed by atoms with Crippen molar-refractivity contribution in [3.05, 3.63) is 113 Å². The van der Waals surface area contributed by atoms with Gasteiger partial charge in [0, 0.05) is 30.4 Å². The monoisotopic (exact) mass is 449 g/mol. The third-order valence-corrected chi connectivity index (χ3v) is 6.17. The largest absolute Gasteiger partial charge is 0.298 e. The Morgan fingerprint density at radius 3 is 2.32 bits per heavy atom. The summed E-state index contributed by atoms with van der Waals surface area (Å²) in [6.45, 7) is 3.42. The van der Waals surface area contributed by atoms with Gasteiger partial charge in [-0.15, -0.1) is 0 Å². The van der Waals surface area contributed by atoms with Crippen molar-refractivity contribution in [3.63, 3.8) is 0 Å². The molecule has 0 fully saturated rings. The smallest absolute Gasteiger partial charge is 0.266 e. The number of rotatable bonds is 7. The van der Waals surface area contributed by atoms with Crippen LogP contribution >= 0.6 is 0 Å². The second kappa shape index (κ2) is 9.45. The number of aromatic nitrogens is 4. The highest BCUT2D eigenvalue weighted by molar-refractivity contribution is 5.90. The highest BCUT2D eigenvalue weighted by Crippen LogP contribution is 2.33. The number of fused-ring (bicyclic) bond motifs is 1. The van der Waals surface area contributed by atoms with Crippen LogP contribution in [0, 0.1) is 0 Å². The molecule has 0 aliphatic rings. The maximum absolute atomic E-state index is 12.7. The summed E-state index contributed by atoms with van der Waals surface area (Å²) in [5.74, 6) is 0. The van der Waals surface area contributed by atoms with E-state index in [-0.39, 0.29) is 11.6 Å². The zero-order chi connectivity index (χ0) is 23.5. The minimum atomic E-state index is -0.110. The van der Waals surface area contributed by atoms with E-state index in [0.717, 1.165) is 34.6 Å². The first kappa shape index (κ1) is 21.8. The summed E-state index contributed by atoms with van der Waals surface area (Å²) in [6.07, 6.45) is 1.93. The summed E-state index contributed by atoms with van der Waals surface area (Å²) in [5, 5.41) is 9.63. The van der Waals surface area contributed by atoms with Crippen LogP contribution in [0.2, 0.25) is 0 Å². The van der Waals surface area contributed by atoms with E-state index in [1.165, 1.54) is 5.56 Å². The Labute approximate surface area is 198 Å². The molecule has 2 aromatic carbocycles. The molecule has 0 bridgehead atoms. The van der Waals surface area contributed by atoms with Gasteiger partial charge in [-0.3, -0.25) is 9.69 Å². The van der Waals surface area contributed by atoms with Crippen LogP contribution in [0.3, 0.4) is 0 Å². The third kappa shape index (κ3) is 4.40. The van der Waals surface area contributed by atoms with E-state index in [1.54, 1.807) is 16.8 Å². The van der Waals surface area contributed by atoms with Crippen LogP contribution in [0.1, 0.15) is 12.5 Å². The molecule has 34 heavy (non-hydrogen) atoms. The van der Waals surface area contributed by atoms with Gasteiger partial charge in [0.15, 0.2) is 0 Å². The van der Waals surface area contributed by atoms with Gasteiger partial charge in [0.25, 0.3) is 5.56 Å². The average Bonchev–Trinajstić information content (AvgIpc) is 3.26. The first-order chi connectivity index (χ1) is 16.6. The van der Waals surface area contributed by atoms with E-state index in [1.807, 2.05) is 77.4 Å². The zero-order valence-electron chi connectivity index (χ0n) is 19.4. The predicted octanol–water partition coefficient (Wildman–Crippen LogP) is 4.75. The molecule has 0 spiro atoms. The Balaban J connectivity index is 1.50. The maximum atomic E-state index is 12.7. The van der Waals surface area contributed by atoms with E-state index < -0.39 is 0 Å². The Bertz CT molecular complexity index is 1460. The van der Waals surface area contributed by atoms with Crippen LogP contribution in [-0.4, -0.2) is 37.4 Å². The van der Waals surface area contributed by atoms with Crippen LogP contribution in [-0.2, 0) is 13.1 Å². The molecular weight excluding hydrogens is 422 g/mol. The molecule has 170 valence electrons. The highest BCUT2D eigenvalue weighted by atomic mass is 16.1. The van der Waals surface area contributed by atoms with Gasteiger partial charge in [0.05, 0.1) is 23.3 Å². The molecule has 0 aliphatic carbocycles. The minimum absolute atomic E-state index is 0.110. The summed E-state index contributed by atoms with van der Waals surface area (Å²) < 4.78 is 3.44. The second-order valence-electron chi connectivity index (χ2n) is 8.61. The molecule has 6 nitrogen and oxygen atoms in total. The standard InChI is InChI=1S/C28H27N5O/c1-21(31(2)20-22-11-5-3-6-12-22)19-33-26(34)17-16-24(29-33)27-25-15-9-10-18-32(25)30-28(27)23-13-7-4-8-14-23/h3-18,21H,19-20H2,1-2H3. The van der Waals surface area contributed by atoms with Gasteiger partial charge < -0.3 is 0 Å². The molecule has 0 N–H and O–H groups in total. The summed E-state index contributed by atoms with van der Waals surface area (Å²) in [6, 6.07) is 29.9. The molecular formula is C28H27N5O. The number of hydrogen-bond acceptors (Lipinski definition) is 4. The number of pyridine rings is 1. The van der Waals surface area contributed by atoms with Crippen molar-refractivity contribution >= 4 is 5.52 Å². The third-order valence-electron chi connectivity index (χ3n) is 6.17. The zero-order valence-corrected chi connectivity index (χ0v) is 19.4. The van der Waals surface area contributed by atoms with Crippen molar-refractivity contribution in [3.8, 4) is 22.5 Å². The first-order valence-corrected chi connectivity index (χ1v) is 11.5. The lowest BCUT2D eigenvalue weighted by Crippen LogP contribution is -2.36. The summed E-state index contributed by atoms with van der Waals surface area (Å²) >= 11 is 0. The number of benzene rings is 2. The van der Waals surface area contributed by atoms with E-state index >= 15 is 0 Å². The van der Waals surface area contributed by atoms with Crippen LogP contribution in [0.5, 0.6) is 0 Å². The summed E-state index contributed by atoms with van der Waals surface area (Å²) in [7, 11) is 2.07. The van der Waals surface area contributed by atoms with Crippen molar-refractivity contribution in [1.82, 2.24) is 24.3 Å². The van der Waals surface area contributed by atoms with Crippen molar-refractivity contribution < 1.29 is 0 Å². The van der Waals surface area contributed by atoms with Crippen molar-refractivity contribution in [2.24, 2.45) is 0 Å².